The standard InChI is InChI=1S/C16H22INO/c1-12-2-4-13(5-3-12)10-11-18-16(19)14-6-8-15(17)9-7-14/h6-9,12-13H,2-5,10-11H2,1H3,(H,18,19). The van der Waals surface area contributed by atoms with Crippen molar-refractivity contribution in [2.24, 2.45) is 11.8 Å². The quantitative estimate of drug-likeness (QED) is 0.789. The Morgan fingerprint density at radius 1 is 1.21 bits per heavy atom. The van der Waals surface area contributed by atoms with Gasteiger partial charge in [-0.15, -0.1) is 0 Å². The molecule has 0 bridgehead atoms. The van der Waals surface area contributed by atoms with E-state index in [1.807, 2.05) is 24.3 Å². The third-order valence-corrected chi connectivity index (χ3v) is 4.80. The molecular formula is C16H22INO. The molecule has 0 radical (unpaired) electrons. The first-order chi connectivity index (χ1) is 9.15. The molecule has 1 aromatic carbocycles. The Kier molecular flexibility index (Phi) is 5.67. The highest BCUT2D eigenvalue weighted by Gasteiger charge is 2.17. The maximum absolute atomic E-state index is 11.9. The van der Waals surface area contributed by atoms with Crippen molar-refractivity contribution in [3.05, 3.63) is 33.4 Å². The van der Waals surface area contributed by atoms with Crippen molar-refractivity contribution in [3.63, 3.8) is 0 Å². The van der Waals surface area contributed by atoms with E-state index in [1.54, 1.807) is 0 Å². The highest BCUT2D eigenvalue weighted by molar-refractivity contribution is 14.1. The zero-order valence-corrected chi connectivity index (χ0v) is 13.7. The second kappa shape index (κ2) is 7.27. The molecule has 0 heterocycles. The van der Waals surface area contributed by atoms with Gasteiger partial charge in [-0.3, -0.25) is 4.79 Å². The number of carbonyl (C=O) groups is 1. The average Bonchev–Trinajstić information content (AvgIpc) is 2.41. The van der Waals surface area contributed by atoms with Crippen LogP contribution in [0.5, 0.6) is 0 Å². The normalized spacial score (nSPS) is 23.1. The summed E-state index contributed by atoms with van der Waals surface area (Å²) in [5, 5.41) is 3.04. The smallest absolute Gasteiger partial charge is 0.251 e. The molecule has 2 nitrogen and oxygen atoms in total. The molecule has 0 aliphatic heterocycles. The second-order valence-corrected chi connectivity index (χ2v) is 6.92. The summed E-state index contributed by atoms with van der Waals surface area (Å²) >= 11 is 2.25. The van der Waals surface area contributed by atoms with Crippen LogP contribution in [0.4, 0.5) is 0 Å². The fourth-order valence-electron chi connectivity index (χ4n) is 2.71. The molecule has 0 spiro atoms. The number of hydrogen-bond donors (Lipinski definition) is 1. The Morgan fingerprint density at radius 3 is 2.47 bits per heavy atom. The lowest BCUT2D eigenvalue weighted by molar-refractivity contribution is 0.0949. The molecule has 1 saturated carbocycles. The van der Waals surface area contributed by atoms with Gasteiger partial charge in [0.15, 0.2) is 0 Å². The summed E-state index contributed by atoms with van der Waals surface area (Å²) in [6.45, 7) is 3.15. The van der Waals surface area contributed by atoms with Crippen LogP contribution in [0.2, 0.25) is 0 Å². The van der Waals surface area contributed by atoms with Crippen LogP contribution in [0.15, 0.2) is 24.3 Å². The summed E-state index contributed by atoms with van der Waals surface area (Å²) in [5.74, 6) is 1.77. The van der Waals surface area contributed by atoms with Crippen molar-refractivity contribution >= 4 is 28.5 Å². The molecule has 0 unspecified atom stereocenters. The van der Waals surface area contributed by atoms with Gasteiger partial charge in [-0.2, -0.15) is 0 Å². The van der Waals surface area contributed by atoms with Crippen LogP contribution >= 0.6 is 22.6 Å². The lowest BCUT2D eigenvalue weighted by atomic mass is 9.81. The zero-order chi connectivity index (χ0) is 13.7. The Bertz CT molecular complexity index is 407. The molecule has 1 aliphatic carbocycles. The SMILES string of the molecule is CC1CCC(CCNC(=O)c2ccc(I)cc2)CC1. The first-order valence-electron chi connectivity index (χ1n) is 7.19. The van der Waals surface area contributed by atoms with Crippen molar-refractivity contribution in [2.45, 2.75) is 39.0 Å². The lowest BCUT2D eigenvalue weighted by Gasteiger charge is -2.26. The maximum Gasteiger partial charge on any atom is 0.251 e. The molecule has 1 amide bonds. The summed E-state index contributed by atoms with van der Waals surface area (Å²) in [6.07, 6.45) is 6.51. The molecule has 3 heteroatoms. The van der Waals surface area contributed by atoms with Crippen molar-refractivity contribution in [3.8, 4) is 0 Å². The van der Waals surface area contributed by atoms with Crippen molar-refractivity contribution in [1.82, 2.24) is 5.32 Å². The zero-order valence-electron chi connectivity index (χ0n) is 11.5. The van der Waals surface area contributed by atoms with Gasteiger partial charge < -0.3 is 5.32 Å². The van der Waals surface area contributed by atoms with Crippen LogP contribution in [0.3, 0.4) is 0 Å². The van der Waals surface area contributed by atoms with Gasteiger partial charge in [-0.25, -0.2) is 0 Å². The number of hydrogen-bond acceptors (Lipinski definition) is 1. The minimum Gasteiger partial charge on any atom is -0.352 e. The molecule has 1 aromatic rings. The van der Waals surface area contributed by atoms with Gasteiger partial charge in [-0.05, 0) is 65.1 Å². The van der Waals surface area contributed by atoms with Gasteiger partial charge in [0, 0.05) is 15.7 Å². The van der Waals surface area contributed by atoms with E-state index < -0.39 is 0 Å². The van der Waals surface area contributed by atoms with Crippen LogP contribution in [-0.2, 0) is 0 Å². The largest absolute Gasteiger partial charge is 0.352 e. The van der Waals surface area contributed by atoms with Gasteiger partial charge in [0.25, 0.3) is 5.91 Å². The Hall–Kier alpha value is -0.580. The summed E-state index contributed by atoms with van der Waals surface area (Å²) in [5.41, 5.74) is 0.762. The van der Waals surface area contributed by atoms with E-state index in [2.05, 4.69) is 34.8 Å². The van der Waals surface area contributed by atoms with E-state index in [4.69, 9.17) is 0 Å². The number of rotatable bonds is 4. The molecule has 104 valence electrons. The van der Waals surface area contributed by atoms with Gasteiger partial charge in [-0.1, -0.05) is 32.6 Å². The second-order valence-electron chi connectivity index (χ2n) is 5.68. The highest BCUT2D eigenvalue weighted by atomic mass is 127. The molecule has 19 heavy (non-hydrogen) atoms. The minimum absolute atomic E-state index is 0.0561. The van der Waals surface area contributed by atoms with Crippen molar-refractivity contribution in [1.29, 1.82) is 0 Å². The highest BCUT2D eigenvalue weighted by Crippen LogP contribution is 2.29. The van der Waals surface area contributed by atoms with Gasteiger partial charge >= 0.3 is 0 Å². The lowest BCUT2D eigenvalue weighted by Crippen LogP contribution is -2.26. The number of nitrogens with one attached hydrogen (secondary N) is 1. The van der Waals surface area contributed by atoms with E-state index in [-0.39, 0.29) is 5.91 Å². The van der Waals surface area contributed by atoms with Crippen molar-refractivity contribution < 1.29 is 4.79 Å². The summed E-state index contributed by atoms with van der Waals surface area (Å²) in [7, 11) is 0. The molecule has 0 saturated heterocycles. The fraction of sp³-hybridized carbons (Fsp3) is 0.562. The molecular weight excluding hydrogens is 349 g/mol. The Labute approximate surface area is 129 Å². The molecule has 0 aromatic heterocycles. The molecule has 2 rings (SSSR count). The van der Waals surface area contributed by atoms with E-state index in [0.29, 0.717) is 0 Å². The summed E-state index contributed by atoms with van der Waals surface area (Å²) < 4.78 is 1.16. The number of carbonyl (C=O) groups excluding carboxylic acids is 1. The average molecular weight is 371 g/mol. The van der Waals surface area contributed by atoms with E-state index in [1.165, 1.54) is 25.7 Å². The van der Waals surface area contributed by atoms with Crippen LogP contribution in [0.25, 0.3) is 0 Å². The fourth-order valence-corrected chi connectivity index (χ4v) is 3.07. The van der Waals surface area contributed by atoms with E-state index in [9.17, 15) is 4.79 Å². The predicted molar refractivity (Wildman–Crippen MR) is 87.2 cm³/mol. The van der Waals surface area contributed by atoms with Crippen LogP contribution in [-0.4, -0.2) is 12.5 Å². The van der Waals surface area contributed by atoms with E-state index >= 15 is 0 Å². The first kappa shape index (κ1) is 14.8. The molecule has 0 atom stereocenters. The third-order valence-electron chi connectivity index (χ3n) is 4.08. The topological polar surface area (TPSA) is 29.1 Å². The Morgan fingerprint density at radius 2 is 1.84 bits per heavy atom. The monoisotopic (exact) mass is 371 g/mol. The third kappa shape index (κ3) is 4.79. The number of benzene rings is 1. The predicted octanol–water partition coefficient (Wildman–Crippen LogP) is 4.24. The number of halogens is 1. The molecule has 1 fully saturated rings. The van der Waals surface area contributed by atoms with Crippen molar-refractivity contribution in [2.75, 3.05) is 6.54 Å². The van der Waals surface area contributed by atoms with Crippen LogP contribution in [0.1, 0.15) is 49.4 Å². The molecule has 1 N–H and O–H groups in total. The Balaban J connectivity index is 1.70. The van der Waals surface area contributed by atoms with Gasteiger partial charge in [0.1, 0.15) is 0 Å². The minimum atomic E-state index is 0.0561. The van der Waals surface area contributed by atoms with Crippen LogP contribution in [0, 0.1) is 15.4 Å². The number of amides is 1. The summed E-state index contributed by atoms with van der Waals surface area (Å²) in [4.78, 5) is 11.9. The van der Waals surface area contributed by atoms with Gasteiger partial charge in [0.05, 0.1) is 0 Å². The first-order valence-corrected chi connectivity index (χ1v) is 8.27. The van der Waals surface area contributed by atoms with Crippen LogP contribution < -0.4 is 5.32 Å². The van der Waals surface area contributed by atoms with E-state index in [0.717, 1.165) is 33.9 Å². The maximum atomic E-state index is 11.9. The summed E-state index contributed by atoms with van der Waals surface area (Å²) in [6, 6.07) is 7.72. The molecule has 1 aliphatic rings. The van der Waals surface area contributed by atoms with Gasteiger partial charge in [0.2, 0.25) is 0 Å².